The van der Waals surface area contributed by atoms with Gasteiger partial charge in [-0.25, -0.2) is 15.0 Å². The maximum absolute atomic E-state index is 13.2. The summed E-state index contributed by atoms with van der Waals surface area (Å²) in [7, 11) is 0. The molecular formula is C13H8BrF3N4. The summed E-state index contributed by atoms with van der Waals surface area (Å²) in [6.45, 7) is 1.80. The van der Waals surface area contributed by atoms with Crippen LogP contribution in [0.1, 0.15) is 11.4 Å². The maximum Gasteiger partial charge on any atom is 0.450 e. The first-order valence-electron chi connectivity index (χ1n) is 5.90. The molecule has 0 unspecified atom stereocenters. The van der Waals surface area contributed by atoms with Gasteiger partial charge in [-0.15, -0.1) is 0 Å². The van der Waals surface area contributed by atoms with Gasteiger partial charge < -0.3 is 0 Å². The summed E-state index contributed by atoms with van der Waals surface area (Å²) in [5.74, 6) is -0.948. The summed E-state index contributed by atoms with van der Waals surface area (Å²) in [5.41, 5.74) is 1.44. The van der Waals surface area contributed by atoms with Gasteiger partial charge in [0, 0.05) is 0 Å². The molecule has 0 radical (unpaired) electrons. The number of aryl methyl sites for hydroxylation is 1. The van der Waals surface area contributed by atoms with Crippen molar-refractivity contribution in [3.05, 3.63) is 46.6 Å². The highest BCUT2D eigenvalue weighted by Crippen LogP contribution is 2.33. The standard InChI is InChI=1S/C13H8BrF3N4/c1-7-2-3-9-8(4-7)20-12(13(15,16)17)21(9)11-6-18-10(14)5-19-11/h2-6H,1H3. The monoisotopic (exact) mass is 356 g/mol. The van der Waals surface area contributed by atoms with E-state index >= 15 is 0 Å². The molecule has 0 saturated carbocycles. The average Bonchev–Trinajstić information content (AvgIpc) is 2.78. The van der Waals surface area contributed by atoms with Crippen molar-refractivity contribution >= 4 is 27.0 Å². The fraction of sp³-hybridized carbons (Fsp3) is 0.154. The summed E-state index contributed by atoms with van der Waals surface area (Å²) in [6.07, 6.45) is -1.97. The van der Waals surface area contributed by atoms with Crippen LogP contribution in [0.15, 0.2) is 35.2 Å². The van der Waals surface area contributed by atoms with E-state index in [4.69, 9.17) is 0 Å². The van der Waals surface area contributed by atoms with E-state index in [2.05, 4.69) is 30.9 Å². The number of hydrogen-bond acceptors (Lipinski definition) is 3. The summed E-state index contributed by atoms with van der Waals surface area (Å²) < 4.78 is 41.0. The Hall–Kier alpha value is -1.96. The quantitative estimate of drug-likeness (QED) is 0.663. The third-order valence-corrected chi connectivity index (χ3v) is 3.31. The summed E-state index contributed by atoms with van der Waals surface area (Å²) in [6, 6.07) is 4.93. The van der Waals surface area contributed by atoms with Gasteiger partial charge in [-0.3, -0.25) is 4.57 Å². The van der Waals surface area contributed by atoms with Crippen LogP contribution in [0.5, 0.6) is 0 Å². The van der Waals surface area contributed by atoms with Crippen molar-refractivity contribution in [1.29, 1.82) is 0 Å². The van der Waals surface area contributed by atoms with Gasteiger partial charge in [0.05, 0.1) is 23.4 Å². The van der Waals surface area contributed by atoms with Crippen LogP contribution in [0.4, 0.5) is 13.2 Å². The van der Waals surface area contributed by atoms with Gasteiger partial charge in [0.1, 0.15) is 4.60 Å². The minimum absolute atomic E-state index is 0.0666. The summed E-state index contributed by atoms with van der Waals surface area (Å²) in [5, 5.41) is 0. The van der Waals surface area contributed by atoms with Crippen molar-refractivity contribution in [3.8, 4) is 5.82 Å². The first-order chi connectivity index (χ1) is 9.86. The molecule has 3 rings (SSSR count). The summed E-state index contributed by atoms with van der Waals surface area (Å²) >= 11 is 3.11. The van der Waals surface area contributed by atoms with Gasteiger partial charge in [0.15, 0.2) is 5.82 Å². The molecule has 0 aliphatic rings. The number of nitrogens with zero attached hydrogens (tertiary/aromatic N) is 4. The largest absolute Gasteiger partial charge is 0.450 e. The van der Waals surface area contributed by atoms with Crippen LogP contribution in [-0.2, 0) is 6.18 Å². The molecule has 2 heterocycles. The number of hydrogen-bond donors (Lipinski definition) is 0. The zero-order valence-electron chi connectivity index (χ0n) is 10.7. The van der Waals surface area contributed by atoms with Crippen LogP contribution in [-0.4, -0.2) is 19.5 Å². The number of rotatable bonds is 1. The van der Waals surface area contributed by atoms with Crippen molar-refractivity contribution in [1.82, 2.24) is 19.5 Å². The lowest BCUT2D eigenvalue weighted by molar-refractivity contribution is -0.145. The third-order valence-electron chi connectivity index (χ3n) is 2.90. The lowest BCUT2D eigenvalue weighted by Gasteiger charge is -2.10. The Morgan fingerprint density at radius 2 is 1.90 bits per heavy atom. The third kappa shape index (κ3) is 2.51. The van der Waals surface area contributed by atoms with E-state index in [0.29, 0.717) is 10.1 Å². The highest BCUT2D eigenvalue weighted by molar-refractivity contribution is 9.10. The van der Waals surface area contributed by atoms with Crippen molar-refractivity contribution < 1.29 is 13.2 Å². The van der Waals surface area contributed by atoms with Gasteiger partial charge in [-0.1, -0.05) is 6.07 Å². The molecule has 0 amide bonds. The van der Waals surface area contributed by atoms with Gasteiger partial charge in [0.2, 0.25) is 5.82 Å². The topological polar surface area (TPSA) is 43.6 Å². The van der Waals surface area contributed by atoms with Crippen molar-refractivity contribution in [2.75, 3.05) is 0 Å². The van der Waals surface area contributed by atoms with Crippen LogP contribution in [0, 0.1) is 6.92 Å². The molecule has 2 aromatic heterocycles. The minimum Gasteiger partial charge on any atom is -0.271 e. The molecule has 0 saturated heterocycles. The Balaban J connectivity index is 2.35. The molecule has 0 N–H and O–H groups in total. The van der Waals surface area contributed by atoms with Crippen molar-refractivity contribution in [3.63, 3.8) is 0 Å². The van der Waals surface area contributed by atoms with Crippen LogP contribution in [0.3, 0.4) is 0 Å². The predicted octanol–water partition coefficient (Wildman–Crippen LogP) is 3.91. The lowest BCUT2D eigenvalue weighted by Crippen LogP contribution is -2.14. The number of imidazole rings is 1. The molecule has 1 aromatic carbocycles. The normalized spacial score (nSPS) is 12.0. The zero-order valence-corrected chi connectivity index (χ0v) is 12.3. The second-order valence-electron chi connectivity index (χ2n) is 4.46. The molecule has 21 heavy (non-hydrogen) atoms. The molecule has 0 spiro atoms. The van der Waals surface area contributed by atoms with E-state index < -0.39 is 12.0 Å². The molecular weight excluding hydrogens is 349 g/mol. The van der Waals surface area contributed by atoms with E-state index in [1.165, 1.54) is 12.4 Å². The molecule has 0 bridgehead atoms. The number of halogens is 4. The Morgan fingerprint density at radius 1 is 1.14 bits per heavy atom. The van der Waals surface area contributed by atoms with E-state index in [1.807, 2.05) is 0 Å². The number of alkyl halides is 3. The van der Waals surface area contributed by atoms with Crippen LogP contribution in [0.25, 0.3) is 16.9 Å². The SMILES string of the molecule is Cc1ccc2c(c1)nc(C(F)(F)F)n2-c1cnc(Br)cn1. The molecule has 4 nitrogen and oxygen atoms in total. The Kier molecular flexibility index (Phi) is 3.20. The second-order valence-corrected chi connectivity index (χ2v) is 5.27. The molecule has 0 aliphatic heterocycles. The summed E-state index contributed by atoms with van der Waals surface area (Å²) in [4.78, 5) is 11.6. The van der Waals surface area contributed by atoms with Crippen LogP contribution >= 0.6 is 15.9 Å². The minimum atomic E-state index is -4.58. The van der Waals surface area contributed by atoms with Gasteiger partial charge in [-0.05, 0) is 40.5 Å². The second kappa shape index (κ2) is 4.80. The highest BCUT2D eigenvalue weighted by Gasteiger charge is 2.38. The smallest absolute Gasteiger partial charge is 0.271 e. The number of benzene rings is 1. The number of fused-ring (bicyclic) bond motifs is 1. The fourth-order valence-electron chi connectivity index (χ4n) is 2.03. The van der Waals surface area contributed by atoms with Gasteiger partial charge in [-0.2, -0.15) is 13.2 Å². The van der Waals surface area contributed by atoms with Crippen molar-refractivity contribution in [2.24, 2.45) is 0 Å². The highest BCUT2D eigenvalue weighted by atomic mass is 79.9. The van der Waals surface area contributed by atoms with E-state index in [0.717, 1.165) is 10.1 Å². The lowest BCUT2D eigenvalue weighted by atomic mass is 10.2. The molecule has 108 valence electrons. The van der Waals surface area contributed by atoms with E-state index in [1.54, 1.807) is 25.1 Å². The van der Waals surface area contributed by atoms with Gasteiger partial charge >= 0.3 is 6.18 Å². The van der Waals surface area contributed by atoms with E-state index in [9.17, 15) is 13.2 Å². The maximum atomic E-state index is 13.2. The van der Waals surface area contributed by atoms with Crippen molar-refractivity contribution in [2.45, 2.75) is 13.1 Å². The van der Waals surface area contributed by atoms with Gasteiger partial charge in [0.25, 0.3) is 0 Å². The van der Waals surface area contributed by atoms with Crippen LogP contribution in [0.2, 0.25) is 0 Å². The fourth-order valence-corrected chi connectivity index (χ4v) is 2.24. The molecule has 0 fully saturated rings. The Morgan fingerprint density at radius 3 is 2.52 bits per heavy atom. The molecule has 0 atom stereocenters. The first kappa shape index (κ1) is 14.0. The van der Waals surface area contributed by atoms with Crippen LogP contribution < -0.4 is 0 Å². The molecule has 8 heteroatoms. The first-order valence-corrected chi connectivity index (χ1v) is 6.70. The Bertz CT molecular complexity index is 809. The Labute approximate surface area is 125 Å². The molecule has 3 aromatic rings. The zero-order chi connectivity index (χ0) is 15.2. The average molecular weight is 357 g/mol. The predicted molar refractivity (Wildman–Crippen MR) is 74.1 cm³/mol. The number of aromatic nitrogens is 4. The van der Waals surface area contributed by atoms with E-state index in [-0.39, 0.29) is 11.3 Å². The molecule has 0 aliphatic carbocycles.